The highest BCUT2D eigenvalue weighted by Gasteiger charge is 2.14. The third-order valence-electron chi connectivity index (χ3n) is 3.73. The standard InChI is InChI=1S/C21H19NO2/c1-15-12-13-19(16(2)14-15)22-21(23)18-10-6-7-11-20(18)24-17-8-4-3-5-9-17/h3-14H,1-2H3,(H,22,23). The van der Waals surface area contributed by atoms with E-state index in [-0.39, 0.29) is 5.91 Å². The van der Waals surface area contributed by atoms with Gasteiger partial charge in [0.1, 0.15) is 11.5 Å². The van der Waals surface area contributed by atoms with Crippen LogP contribution in [0.5, 0.6) is 11.5 Å². The Morgan fingerprint density at radius 1 is 0.875 bits per heavy atom. The van der Waals surface area contributed by atoms with Crippen molar-refractivity contribution in [2.45, 2.75) is 13.8 Å². The third kappa shape index (κ3) is 3.63. The number of amides is 1. The van der Waals surface area contributed by atoms with Crippen LogP contribution in [0.4, 0.5) is 5.69 Å². The number of carbonyl (C=O) groups excluding carboxylic acids is 1. The van der Waals surface area contributed by atoms with E-state index in [9.17, 15) is 4.79 Å². The molecule has 1 amide bonds. The van der Waals surface area contributed by atoms with E-state index < -0.39 is 0 Å². The van der Waals surface area contributed by atoms with Crippen molar-refractivity contribution < 1.29 is 9.53 Å². The second kappa shape index (κ2) is 7.01. The van der Waals surface area contributed by atoms with E-state index in [4.69, 9.17) is 4.74 Å². The van der Waals surface area contributed by atoms with Gasteiger partial charge in [-0.25, -0.2) is 0 Å². The SMILES string of the molecule is Cc1ccc(NC(=O)c2ccccc2Oc2ccccc2)c(C)c1. The highest BCUT2D eigenvalue weighted by Crippen LogP contribution is 2.26. The second-order valence-electron chi connectivity index (χ2n) is 5.68. The van der Waals surface area contributed by atoms with Crippen molar-refractivity contribution in [3.05, 3.63) is 89.5 Å². The van der Waals surface area contributed by atoms with Crippen molar-refractivity contribution >= 4 is 11.6 Å². The Morgan fingerprint density at radius 2 is 1.58 bits per heavy atom. The number of benzene rings is 3. The van der Waals surface area contributed by atoms with Gasteiger partial charge in [-0.15, -0.1) is 0 Å². The van der Waals surface area contributed by atoms with E-state index >= 15 is 0 Å². The van der Waals surface area contributed by atoms with Gasteiger partial charge < -0.3 is 10.1 Å². The molecule has 0 saturated heterocycles. The van der Waals surface area contributed by atoms with E-state index in [0.29, 0.717) is 17.1 Å². The fraction of sp³-hybridized carbons (Fsp3) is 0.0952. The molecule has 0 atom stereocenters. The van der Waals surface area contributed by atoms with Crippen molar-refractivity contribution in [3.8, 4) is 11.5 Å². The van der Waals surface area contributed by atoms with Gasteiger partial charge in [0.15, 0.2) is 0 Å². The summed E-state index contributed by atoms with van der Waals surface area (Å²) >= 11 is 0. The lowest BCUT2D eigenvalue weighted by Gasteiger charge is -2.13. The first-order chi connectivity index (χ1) is 11.6. The molecular formula is C21H19NO2. The minimum Gasteiger partial charge on any atom is -0.457 e. The lowest BCUT2D eigenvalue weighted by molar-refractivity contribution is 0.102. The van der Waals surface area contributed by atoms with Gasteiger partial charge in [-0.3, -0.25) is 4.79 Å². The number of hydrogen-bond donors (Lipinski definition) is 1. The summed E-state index contributed by atoms with van der Waals surface area (Å²) in [4.78, 5) is 12.7. The van der Waals surface area contributed by atoms with Crippen LogP contribution in [0.3, 0.4) is 0 Å². The fourth-order valence-electron chi connectivity index (χ4n) is 2.50. The average molecular weight is 317 g/mol. The lowest BCUT2D eigenvalue weighted by Crippen LogP contribution is -2.13. The highest BCUT2D eigenvalue weighted by atomic mass is 16.5. The fourth-order valence-corrected chi connectivity index (χ4v) is 2.50. The van der Waals surface area contributed by atoms with E-state index in [2.05, 4.69) is 5.32 Å². The first-order valence-electron chi connectivity index (χ1n) is 7.84. The number of nitrogens with one attached hydrogen (secondary N) is 1. The van der Waals surface area contributed by atoms with Crippen molar-refractivity contribution in [3.63, 3.8) is 0 Å². The van der Waals surface area contributed by atoms with Gasteiger partial charge in [0.2, 0.25) is 0 Å². The van der Waals surface area contributed by atoms with Crippen LogP contribution in [0.25, 0.3) is 0 Å². The highest BCUT2D eigenvalue weighted by molar-refractivity contribution is 6.06. The average Bonchev–Trinajstić information content (AvgIpc) is 2.59. The lowest BCUT2D eigenvalue weighted by atomic mass is 10.1. The molecular weight excluding hydrogens is 298 g/mol. The molecule has 120 valence electrons. The number of ether oxygens (including phenoxy) is 1. The first kappa shape index (κ1) is 15.8. The van der Waals surface area contributed by atoms with Crippen LogP contribution < -0.4 is 10.1 Å². The van der Waals surface area contributed by atoms with Gasteiger partial charge in [-0.1, -0.05) is 48.0 Å². The minimum atomic E-state index is -0.187. The van der Waals surface area contributed by atoms with Crippen molar-refractivity contribution in [2.75, 3.05) is 5.32 Å². The largest absolute Gasteiger partial charge is 0.457 e. The van der Waals surface area contributed by atoms with Gasteiger partial charge in [0.05, 0.1) is 5.56 Å². The van der Waals surface area contributed by atoms with Crippen LogP contribution in [-0.4, -0.2) is 5.91 Å². The molecule has 0 fully saturated rings. The predicted molar refractivity (Wildman–Crippen MR) is 96.8 cm³/mol. The van der Waals surface area contributed by atoms with Crippen LogP contribution in [0.15, 0.2) is 72.8 Å². The van der Waals surface area contributed by atoms with E-state index in [1.807, 2.05) is 74.5 Å². The normalized spacial score (nSPS) is 10.2. The Labute approximate surface area is 141 Å². The molecule has 0 aromatic heterocycles. The van der Waals surface area contributed by atoms with Crippen LogP contribution in [0, 0.1) is 13.8 Å². The monoisotopic (exact) mass is 317 g/mol. The molecule has 24 heavy (non-hydrogen) atoms. The molecule has 0 spiro atoms. The molecule has 0 bridgehead atoms. The summed E-state index contributed by atoms with van der Waals surface area (Å²) in [7, 11) is 0. The summed E-state index contributed by atoms with van der Waals surface area (Å²) in [6.45, 7) is 4.01. The van der Waals surface area contributed by atoms with E-state index in [1.54, 1.807) is 12.1 Å². The molecule has 3 aromatic carbocycles. The number of rotatable bonds is 4. The molecule has 0 aliphatic heterocycles. The molecule has 0 aliphatic rings. The number of anilines is 1. The Balaban J connectivity index is 1.85. The Kier molecular flexibility index (Phi) is 4.62. The van der Waals surface area contributed by atoms with Crippen LogP contribution in [0.2, 0.25) is 0 Å². The van der Waals surface area contributed by atoms with Gasteiger partial charge in [0.25, 0.3) is 5.91 Å². The molecule has 3 rings (SSSR count). The van der Waals surface area contributed by atoms with Gasteiger partial charge in [0, 0.05) is 5.69 Å². The minimum absolute atomic E-state index is 0.187. The summed E-state index contributed by atoms with van der Waals surface area (Å²) in [5.74, 6) is 1.05. The number of hydrogen-bond acceptors (Lipinski definition) is 2. The van der Waals surface area contributed by atoms with Crippen molar-refractivity contribution in [1.29, 1.82) is 0 Å². The quantitative estimate of drug-likeness (QED) is 0.704. The maximum atomic E-state index is 12.7. The summed E-state index contributed by atoms with van der Waals surface area (Å²) in [6, 6.07) is 22.6. The second-order valence-corrected chi connectivity index (χ2v) is 5.68. The zero-order chi connectivity index (χ0) is 16.9. The smallest absolute Gasteiger partial charge is 0.259 e. The van der Waals surface area contributed by atoms with Gasteiger partial charge in [-0.2, -0.15) is 0 Å². The molecule has 0 saturated carbocycles. The molecule has 0 radical (unpaired) electrons. The van der Waals surface area contributed by atoms with Crippen LogP contribution in [0.1, 0.15) is 21.5 Å². The molecule has 1 N–H and O–H groups in total. The number of para-hydroxylation sites is 2. The molecule has 3 aromatic rings. The van der Waals surface area contributed by atoms with Crippen LogP contribution in [-0.2, 0) is 0 Å². The van der Waals surface area contributed by atoms with Gasteiger partial charge in [-0.05, 0) is 49.7 Å². The summed E-state index contributed by atoms with van der Waals surface area (Å²) < 4.78 is 5.86. The Hall–Kier alpha value is -3.07. The summed E-state index contributed by atoms with van der Waals surface area (Å²) in [6.07, 6.45) is 0. The molecule has 0 aliphatic carbocycles. The number of aryl methyl sites for hydroxylation is 2. The summed E-state index contributed by atoms with van der Waals surface area (Å²) in [5.41, 5.74) is 3.50. The Bertz CT molecular complexity index is 857. The molecule has 0 unspecified atom stereocenters. The predicted octanol–water partition coefficient (Wildman–Crippen LogP) is 5.35. The van der Waals surface area contributed by atoms with Crippen molar-refractivity contribution in [1.82, 2.24) is 0 Å². The first-order valence-corrected chi connectivity index (χ1v) is 7.84. The molecule has 3 nitrogen and oxygen atoms in total. The zero-order valence-electron chi connectivity index (χ0n) is 13.7. The van der Waals surface area contributed by atoms with E-state index in [1.165, 1.54) is 5.56 Å². The Morgan fingerprint density at radius 3 is 2.33 bits per heavy atom. The van der Waals surface area contributed by atoms with E-state index in [0.717, 1.165) is 11.3 Å². The van der Waals surface area contributed by atoms with Crippen LogP contribution >= 0.6 is 0 Å². The maximum Gasteiger partial charge on any atom is 0.259 e. The van der Waals surface area contributed by atoms with Crippen molar-refractivity contribution in [2.24, 2.45) is 0 Å². The summed E-state index contributed by atoms with van der Waals surface area (Å²) in [5, 5.41) is 2.96. The zero-order valence-corrected chi connectivity index (χ0v) is 13.7. The topological polar surface area (TPSA) is 38.3 Å². The maximum absolute atomic E-state index is 12.7. The van der Waals surface area contributed by atoms with Gasteiger partial charge >= 0.3 is 0 Å². The molecule has 3 heteroatoms. The third-order valence-corrected chi connectivity index (χ3v) is 3.73. The number of carbonyl (C=O) groups is 1. The molecule has 0 heterocycles.